The zero-order valence-corrected chi connectivity index (χ0v) is 27.4. The Labute approximate surface area is 265 Å². The number of ether oxygens (including phenoxy) is 1. The van der Waals surface area contributed by atoms with Gasteiger partial charge in [-0.1, -0.05) is 78.5 Å². The monoisotopic (exact) mass is 621 g/mol. The van der Waals surface area contributed by atoms with Crippen molar-refractivity contribution in [2.75, 3.05) is 11.9 Å². The second kappa shape index (κ2) is 15.1. The minimum Gasteiger partial charge on any atom is -0.508 e. The summed E-state index contributed by atoms with van der Waals surface area (Å²) in [6, 6.07) is 15.5. The molecule has 0 aliphatic heterocycles. The number of hydrogen-bond donors (Lipinski definition) is 3. The molecule has 0 aromatic heterocycles. The van der Waals surface area contributed by atoms with Crippen LogP contribution in [-0.2, 0) is 20.7 Å². The van der Waals surface area contributed by atoms with E-state index in [1.165, 1.54) is 12.1 Å². The number of alkyl carbamates (subject to hydrolysis) is 1. The van der Waals surface area contributed by atoms with Crippen LogP contribution < -0.4 is 10.6 Å². The smallest absolute Gasteiger partial charge is 0.408 e. The Hall–Kier alpha value is -4.04. The molecule has 3 aromatic carbocycles. The highest BCUT2D eigenvalue weighted by atomic mass is 35.5. The molecule has 236 valence electrons. The van der Waals surface area contributed by atoms with Gasteiger partial charge in [0, 0.05) is 13.0 Å². The van der Waals surface area contributed by atoms with E-state index in [0.717, 1.165) is 23.1 Å². The summed E-state index contributed by atoms with van der Waals surface area (Å²) < 4.78 is 5.51. The van der Waals surface area contributed by atoms with Crippen LogP contribution in [0.3, 0.4) is 0 Å². The minimum absolute atomic E-state index is 0.0859. The molecule has 3 N–H and O–H groups in total. The molecule has 0 saturated heterocycles. The number of nitrogens with zero attached hydrogens (tertiary/aromatic N) is 1. The molecule has 3 amide bonds. The van der Waals surface area contributed by atoms with E-state index >= 15 is 0 Å². The third-order valence-corrected chi connectivity index (χ3v) is 7.31. The van der Waals surface area contributed by atoms with Crippen molar-refractivity contribution >= 4 is 35.2 Å². The maximum absolute atomic E-state index is 14.6. The van der Waals surface area contributed by atoms with Crippen molar-refractivity contribution in [1.82, 2.24) is 10.2 Å². The molecular weight excluding hydrogens is 578 g/mol. The summed E-state index contributed by atoms with van der Waals surface area (Å²) in [6.45, 7) is 13.2. The second-order valence-electron chi connectivity index (χ2n) is 12.2. The molecule has 0 aliphatic rings. The fourth-order valence-electron chi connectivity index (χ4n) is 5.04. The number of unbranched alkanes of at least 4 members (excludes halogenated alkanes) is 1. The molecule has 0 spiro atoms. The highest BCUT2D eigenvalue weighted by molar-refractivity contribution is 6.34. The quantitative estimate of drug-likeness (QED) is 0.207. The molecule has 44 heavy (non-hydrogen) atoms. The van der Waals surface area contributed by atoms with Crippen molar-refractivity contribution in [3.8, 4) is 5.75 Å². The van der Waals surface area contributed by atoms with Gasteiger partial charge in [0.2, 0.25) is 5.91 Å². The van der Waals surface area contributed by atoms with E-state index in [-0.39, 0.29) is 18.7 Å². The number of phenolic OH excluding ortho intramolecular Hbond substituents is 1. The number of para-hydroxylation sites is 1. The van der Waals surface area contributed by atoms with Crippen molar-refractivity contribution in [3.05, 3.63) is 93.5 Å². The molecule has 3 aromatic rings. The Morgan fingerprint density at radius 2 is 1.61 bits per heavy atom. The van der Waals surface area contributed by atoms with Gasteiger partial charge in [-0.2, -0.15) is 0 Å². The van der Waals surface area contributed by atoms with Crippen molar-refractivity contribution in [3.63, 3.8) is 0 Å². The summed E-state index contributed by atoms with van der Waals surface area (Å²) in [5, 5.41) is 15.9. The summed E-state index contributed by atoms with van der Waals surface area (Å²) in [5.74, 6) is -0.772. The van der Waals surface area contributed by atoms with Crippen LogP contribution >= 0.6 is 11.6 Å². The Morgan fingerprint density at radius 1 is 0.977 bits per heavy atom. The van der Waals surface area contributed by atoms with Gasteiger partial charge in [-0.3, -0.25) is 9.59 Å². The number of aryl methyl sites for hydroxylation is 3. The number of anilines is 1. The molecule has 2 atom stereocenters. The fourth-order valence-corrected chi connectivity index (χ4v) is 5.30. The summed E-state index contributed by atoms with van der Waals surface area (Å²) in [5.41, 5.74) is 3.73. The van der Waals surface area contributed by atoms with E-state index in [1.807, 2.05) is 58.0 Å². The van der Waals surface area contributed by atoms with Crippen molar-refractivity contribution in [1.29, 1.82) is 0 Å². The zero-order valence-electron chi connectivity index (χ0n) is 26.7. The number of amides is 3. The fraction of sp³-hybridized carbons (Fsp3) is 0.400. The van der Waals surface area contributed by atoms with E-state index in [9.17, 15) is 19.5 Å². The topological polar surface area (TPSA) is 108 Å². The molecule has 0 heterocycles. The summed E-state index contributed by atoms with van der Waals surface area (Å²) >= 11 is 6.49. The summed E-state index contributed by atoms with van der Waals surface area (Å²) in [6.07, 6.45) is 0.774. The first kappa shape index (κ1) is 34.5. The Bertz CT molecular complexity index is 1430. The summed E-state index contributed by atoms with van der Waals surface area (Å²) in [7, 11) is 0. The normalized spacial score (nSPS) is 12.6. The standard InChI is InChI=1S/C35H44ClN3O5/c1-8-9-17-39(33(42)29(37-34(43)44-35(5,6)7)21-25-13-15-27(40)16-14-25)31(26-19-22(2)18-23(3)20-26)32(41)38-30-24(4)11-10-12-28(30)36/h10-16,18-20,29,31,40H,8-9,17,21H2,1-7H3,(H,37,43)(H,38,41). The average Bonchev–Trinajstić information content (AvgIpc) is 2.92. The number of rotatable bonds is 11. The van der Waals surface area contributed by atoms with Crippen molar-refractivity contribution in [2.24, 2.45) is 0 Å². The molecule has 0 radical (unpaired) electrons. The van der Waals surface area contributed by atoms with Crippen LogP contribution in [0.15, 0.2) is 60.7 Å². The molecular formula is C35H44ClN3O5. The number of aromatic hydroxyl groups is 1. The van der Waals surface area contributed by atoms with Crippen molar-refractivity contribution < 1.29 is 24.2 Å². The van der Waals surface area contributed by atoms with Gasteiger partial charge in [-0.05, 0) is 82.9 Å². The lowest BCUT2D eigenvalue weighted by Gasteiger charge is -2.35. The Morgan fingerprint density at radius 3 is 2.18 bits per heavy atom. The lowest BCUT2D eigenvalue weighted by atomic mass is 9.97. The maximum atomic E-state index is 14.6. The molecule has 0 aliphatic carbocycles. The van der Waals surface area contributed by atoms with Gasteiger partial charge in [0.05, 0.1) is 10.7 Å². The molecule has 8 nitrogen and oxygen atoms in total. The number of hydrogen-bond acceptors (Lipinski definition) is 5. The second-order valence-corrected chi connectivity index (χ2v) is 12.6. The molecule has 0 fully saturated rings. The van der Waals surface area contributed by atoms with Crippen LogP contribution in [0.1, 0.15) is 74.4 Å². The maximum Gasteiger partial charge on any atom is 0.408 e. The van der Waals surface area contributed by atoms with Crippen LogP contribution in [0.4, 0.5) is 10.5 Å². The first-order valence-electron chi connectivity index (χ1n) is 14.9. The lowest BCUT2D eigenvalue weighted by Crippen LogP contribution is -2.53. The van der Waals surface area contributed by atoms with E-state index in [0.29, 0.717) is 28.3 Å². The van der Waals surface area contributed by atoms with Gasteiger partial charge in [-0.15, -0.1) is 0 Å². The number of phenols is 1. The van der Waals surface area contributed by atoms with Gasteiger partial charge in [0.15, 0.2) is 0 Å². The highest BCUT2D eigenvalue weighted by Crippen LogP contribution is 2.31. The average molecular weight is 622 g/mol. The highest BCUT2D eigenvalue weighted by Gasteiger charge is 2.36. The predicted molar refractivity (Wildman–Crippen MR) is 175 cm³/mol. The molecule has 0 bridgehead atoms. The number of halogens is 1. The summed E-state index contributed by atoms with van der Waals surface area (Å²) in [4.78, 5) is 43.4. The first-order chi connectivity index (χ1) is 20.7. The third kappa shape index (κ3) is 9.74. The van der Waals surface area contributed by atoms with Crippen LogP contribution in [0.5, 0.6) is 5.75 Å². The van der Waals surface area contributed by atoms with Gasteiger partial charge < -0.3 is 25.4 Å². The van der Waals surface area contributed by atoms with Gasteiger partial charge in [0.1, 0.15) is 23.4 Å². The Balaban J connectivity index is 2.12. The van der Waals surface area contributed by atoms with Gasteiger partial charge >= 0.3 is 6.09 Å². The van der Waals surface area contributed by atoms with E-state index in [1.54, 1.807) is 43.9 Å². The van der Waals surface area contributed by atoms with Gasteiger partial charge in [0.25, 0.3) is 5.91 Å². The molecule has 9 heteroatoms. The third-order valence-electron chi connectivity index (χ3n) is 6.99. The van der Waals surface area contributed by atoms with Crippen LogP contribution in [0.25, 0.3) is 0 Å². The van der Waals surface area contributed by atoms with Gasteiger partial charge in [-0.25, -0.2) is 4.79 Å². The minimum atomic E-state index is -1.06. The number of benzene rings is 3. The van der Waals surface area contributed by atoms with Crippen LogP contribution in [-0.4, -0.2) is 46.1 Å². The molecule has 0 saturated carbocycles. The van der Waals surface area contributed by atoms with E-state index in [4.69, 9.17) is 16.3 Å². The number of carbonyl (C=O) groups is 3. The largest absolute Gasteiger partial charge is 0.508 e. The Kier molecular flexibility index (Phi) is 11.8. The van der Waals surface area contributed by atoms with E-state index < -0.39 is 35.6 Å². The molecule has 3 rings (SSSR count). The van der Waals surface area contributed by atoms with Crippen molar-refractivity contribution in [2.45, 2.75) is 85.4 Å². The van der Waals surface area contributed by atoms with Crippen LogP contribution in [0.2, 0.25) is 5.02 Å². The number of carbonyl (C=O) groups excluding carboxylic acids is 3. The molecule has 2 unspecified atom stereocenters. The zero-order chi connectivity index (χ0) is 32.6. The number of nitrogens with one attached hydrogen (secondary N) is 2. The SMILES string of the molecule is CCCCN(C(=O)C(Cc1ccc(O)cc1)NC(=O)OC(C)(C)C)C(C(=O)Nc1c(C)cccc1Cl)c1cc(C)cc(C)c1. The van der Waals surface area contributed by atoms with E-state index in [2.05, 4.69) is 10.6 Å². The first-order valence-corrected chi connectivity index (χ1v) is 15.3. The predicted octanol–water partition coefficient (Wildman–Crippen LogP) is 7.42. The lowest BCUT2D eigenvalue weighted by molar-refractivity contribution is -0.140. The van der Waals surface area contributed by atoms with Crippen LogP contribution in [0, 0.1) is 20.8 Å².